The van der Waals surface area contributed by atoms with Crippen LogP contribution in [0.1, 0.15) is 24.1 Å². The second-order valence-electron chi connectivity index (χ2n) is 6.76. The summed E-state index contributed by atoms with van der Waals surface area (Å²) in [5.74, 6) is 1.66. The third-order valence-electron chi connectivity index (χ3n) is 4.94. The van der Waals surface area contributed by atoms with Gasteiger partial charge in [-0.05, 0) is 55.3 Å². The first-order chi connectivity index (χ1) is 13.2. The summed E-state index contributed by atoms with van der Waals surface area (Å²) < 4.78 is 16.2. The summed E-state index contributed by atoms with van der Waals surface area (Å²) in [6.07, 6.45) is 0.645. The average Bonchev–Trinajstić information content (AvgIpc) is 3.14. The third-order valence-corrected chi connectivity index (χ3v) is 4.94. The fraction of sp³-hybridized carbons (Fsp3) is 0.381. The Labute approximate surface area is 159 Å². The minimum atomic E-state index is -0.270. The van der Waals surface area contributed by atoms with Gasteiger partial charge in [0.15, 0.2) is 11.5 Å². The zero-order valence-electron chi connectivity index (χ0n) is 15.4. The molecule has 4 rings (SSSR count). The molecular formula is C21H24N2O4. The third kappa shape index (κ3) is 4.01. The van der Waals surface area contributed by atoms with Crippen molar-refractivity contribution in [3.05, 3.63) is 53.6 Å². The van der Waals surface area contributed by atoms with E-state index in [4.69, 9.17) is 14.2 Å². The number of benzene rings is 2. The molecule has 1 N–H and O–H groups in total. The topological polar surface area (TPSA) is 60.0 Å². The molecule has 2 aromatic carbocycles. The molecule has 6 nitrogen and oxygen atoms in total. The molecule has 1 atom stereocenters. The number of carbonyl (C=O) groups is 1. The molecule has 0 aromatic heterocycles. The fourth-order valence-corrected chi connectivity index (χ4v) is 3.37. The molecule has 0 radical (unpaired) electrons. The van der Waals surface area contributed by atoms with Crippen LogP contribution in [-0.4, -0.2) is 39.0 Å². The van der Waals surface area contributed by atoms with Gasteiger partial charge in [-0.15, -0.1) is 0 Å². The number of rotatable bonds is 6. The Bertz CT molecular complexity index is 806. The summed E-state index contributed by atoms with van der Waals surface area (Å²) in [5, 5.41) is 3.55. The molecule has 27 heavy (non-hydrogen) atoms. The maximum absolute atomic E-state index is 11.6. The second kappa shape index (κ2) is 7.88. The van der Waals surface area contributed by atoms with Gasteiger partial charge in [-0.2, -0.15) is 0 Å². The maximum atomic E-state index is 11.6. The molecule has 1 unspecified atom stereocenters. The van der Waals surface area contributed by atoms with Gasteiger partial charge in [-0.1, -0.05) is 18.2 Å². The Morgan fingerprint density at radius 3 is 2.52 bits per heavy atom. The molecule has 2 heterocycles. The first-order valence-electron chi connectivity index (χ1n) is 9.37. The lowest BCUT2D eigenvalue weighted by molar-refractivity contribution is 0.171. The Kier molecular flexibility index (Phi) is 5.16. The van der Waals surface area contributed by atoms with E-state index in [-0.39, 0.29) is 12.1 Å². The molecule has 142 valence electrons. The predicted octanol–water partition coefficient (Wildman–Crippen LogP) is 3.31. The Morgan fingerprint density at radius 2 is 1.78 bits per heavy atom. The van der Waals surface area contributed by atoms with E-state index in [9.17, 15) is 4.79 Å². The number of hydrogen-bond acceptors (Lipinski definition) is 5. The van der Waals surface area contributed by atoms with Gasteiger partial charge in [0.25, 0.3) is 0 Å². The number of nitrogens with zero attached hydrogens (tertiary/aromatic N) is 1. The molecule has 1 fully saturated rings. The number of anilines is 1. The number of cyclic esters (lactones) is 1. The van der Waals surface area contributed by atoms with Gasteiger partial charge in [-0.25, -0.2) is 4.79 Å². The molecule has 0 saturated carbocycles. The summed E-state index contributed by atoms with van der Waals surface area (Å²) >= 11 is 0. The molecule has 1 amide bonds. The molecule has 0 aliphatic carbocycles. The van der Waals surface area contributed by atoms with E-state index in [0.717, 1.165) is 30.2 Å². The summed E-state index contributed by atoms with van der Waals surface area (Å²) in [5.41, 5.74) is 3.29. The van der Waals surface area contributed by atoms with Crippen LogP contribution in [0.4, 0.5) is 10.5 Å². The lowest BCUT2D eigenvalue weighted by Crippen LogP contribution is -2.24. The Balaban J connectivity index is 1.30. The summed E-state index contributed by atoms with van der Waals surface area (Å²) in [6.45, 7) is 5.30. The lowest BCUT2D eigenvalue weighted by Gasteiger charge is -2.19. The van der Waals surface area contributed by atoms with E-state index >= 15 is 0 Å². The van der Waals surface area contributed by atoms with Crippen LogP contribution >= 0.6 is 0 Å². The predicted molar refractivity (Wildman–Crippen MR) is 103 cm³/mol. The van der Waals surface area contributed by atoms with Crippen LogP contribution in [0.2, 0.25) is 0 Å². The first-order valence-corrected chi connectivity index (χ1v) is 9.37. The maximum Gasteiger partial charge on any atom is 0.414 e. The van der Waals surface area contributed by atoms with Gasteiger partial charge >= 0.3 is 6.09 Å². The highest BCUT2D eigenvalue weighted by molar-refractivity contribution is 5.89. The van der Waals surface area contributed by atoms with Crippen molar-refractivity contribution in [2.75, 3.05) is 37.8 Å². The number of hydrogen-bond donors (Lipinski definition) is 1. The monoisotopic (exact) mass is 368 g/mol. The van der Waals surface area contributed by atoms with Crippen LogP contribution in [0, 0.1) is 0 Å². The van der Waals surface area contributed by atoms with Gasteiger partial charge in [0.05, 0.1) is 6.54 Å². The molecule has 2 aliphatic heterocycles. The molecular weight excluding hydrogens is 344 g/mol. The van der Waals surface area contributed by atoms with Crippen molar-refractivity contribution in [3.8, 4) is 11.5 Å². The summed E-state index contributed by atoms with van der Waals surface area (Å²) in [7, 11) is 0. The smallest absolute Gasteiger partial charge is 0.414 e. The van der Waals surface area contributed by atoms with E-state index in [2.05, 4.69) is 36.5 Å². The van der Waals surface area contributed by atoms with Crippen LogP contribution in [-0.2, 0) is 11.2 Å². The largest absolute Gasteiger partial charge is 0.486 e. The van der Waals surface area contributed by atoms with Crippen molar-refractivity contribution in [1.29, 1.82) is 0 Å². The Morgan fingerprint density at radius 1 is 1.00 bits per heavy atom. The van der Waals surface area contributed by atoms with Gasteiger partial charge in [0.2, 0.25) is 0 Å². The van der Waals surface area contributed by atoms with Crippen molar-refractivity contribution < 1.29 is 19.0 Å². The highest BCUT2D eigenvalue weighted by Gasteiger charge is 2.23. The van der Waals surface area contributed by atoms with Crippen molar-refractivity contribution in [2.24, 2.45) is 0 Å². The number of amides is 1. The number of nitrogens with one attached hydrogen (secondary N) is 1. The van der Waals surface area contributed by atoms with Gasteiger partial charge in [-0.3, -0.25) is 4.90 Å². The van der Waals surface area contributed by atoms with Crippen LogP contribution in [0.3, 0.4) is 0 Å². The normalized spacial score (nSPS) is 16.9. The van der Waals surface area contributed by atoms with Crippen molar-refractivity contribution in [1.82, 2.24) is 5.32 Å². The van der Waals surface area contributed by atoms with Crippen LogP contribution in [0.5, 0.6) is 11.5 Å². The quantitative estimate of drug-likeness (QED) is 0.848. The average molecular weight is 368 g/mol. The lowest BCUT2D eigenvalue weighted by atomic mass is 10.1. The van der Waals surface area contributed by atoms with Crippen LogP contribution < -0.4 is 19.7 Å². The zero-order chi connectivity index (χ0) is 18.6. The second-order valence-corrected chi connectivity index (χ2v) is 6.76. The van der Waals surface area contributed by atoms with E-state index in [1.807, 2.05) is 18.2 Å². The standard InChI is InChI=1S/C21H24N2O4/c1-15(17-3-5-18(6-4-17)23-10-11-27-21(23)24)22-9-8-16-2-7-19-20(14-16)26-13-12-25-19/h2-7,14-15,22H,8-13H2,1H3. The van der Waals surface area contributed by atoms with Gasteiger partial charge in [0, 0.05) is 11.7 Å². The van der Waals surface area contributed by atoms with Crippen molar-refractivity contribution >= 4 is 11.8 Å². The summed E-state index contributed by atoms with van der Waals surface area (Å²) in [4.78, 5) is 13.3. The highest BCUT2D eigenvalue weighted by Crippen LogP contribution is 2.30. The SMILES string of the molecule is CC(NCCc1ccc2c(c1)OCCO2)c1ccc(N2CCOC2=O)cc1. The molecule has 1 saturated heterocycles. The minimum Gasteiger partial charge on any atom is -0.486 e. The minimum absolute atomic E-state index is 0.224. The molecule has 2 aromatic rings. The molecule has 6 heteroatoms. The number of ether oxygens (including phenoxy) is 3. The van der Waals surface area contributed by atoms with E-state index in [1.165, 1.54) is 11.1 Å². The fourth-order valence-electron chi connectivity index (χ4n) is 3.37. The highest BCUT2D eigenvalue weighted by atomic mass is 16.6. The van der Waals surface area contributed by atoms with E-state index in [1.54, 1.807) is 4.90 Å². The molecule has 0 bridgehead atoms. The van der Waals surface area contributed by atoms with E-state index in [0.29, 0.717) is 26.4 Å². The molecule has 0 spiro atoms. The zero-order valence-corrected chi connectivity index (χ0v) is 15.4. The molecule has 2 aliphatic rings. The van der Waals surface area contributed by atoms with Crippen molar-refractivity contribution in [2.45, 2.75) is 19.4 Å². The Hall–Kier alpha value is -2.73. The van der Waals surface area contributed by atoms with Crippen LogP contribution in [0.25, 0.3) is 0 Å². The summed E-state index contributed by atoms with van der Waals surface area (Å²) in [6, 6.07) is 14.4. The first kappa shape index (κ1) is 17.7. The van der Waals surface area contributed by atoms with Crippen LogP contribution in [0.15, 0.2) is 42.5 Å². The number of carbonyl (C=O) groups excluding carboxylic acids is 1. The van der Waals surface area contributed by atoms with Gasteiger partial charge in [0.1, 0.15) is 19.8 Å². The number of fused-ring (bicyclic) bond motifs is 1. The van der Waals surface area contributed by atoms with Gasteiger partial charge < -0.3 is 19.5 Å². The van der Waals surface area contributed by atoms with Crippen molar-refractivity contribution in [3.63, 3.8) is 0 Å². The van der Waals surface area contributed by atoms with E-state index < -0.39 is 0 Å².